The number of aromatic nitrogens is 2. The fourth-order valence-electron chi connectivity index (χ4n) is 3.32. The van der Waals surface area contributed by atoms with Crippen LogP contribution in [-0.2, 0) is 19.5 Å². The van der Waals surface area contributed by atoms with Crippen molar-refractivity contribution in [1.82, 2.24) is 14.9 Å². The fourth-order valence-corrected chi connectivity index (χ4v) is 4.57. The van der Waals surface area contributed by atoms with Crippen LogP contribution in [-0.4, -0.2) is 21.4 Å². The number of thiophene rings is 1. The zero-order valence-electron chi connectivity index (χ0n) is 13.3. The standard InChI is InChI=1S/C18H19N3OS/c1-11-13-5-3-4-6-16(13)23-17(11)10-21-8-7-15-14(9-21)18(22)20-12(2)19-15/h3-6H,7-10H2,1-2H3,(H,19,20,22). The lowest BCUT2D eigenvalue weighted by Crippen LogP contribution is -2.35. The molecule has 0 saturated carbocycles. The van der Waals surface area contributed by atoms with Gasteiger partial charge in [0.25, 0.3) is 5.56 Å². The van der Waals surface area contributed by atoms with Crippen LogP contribution < -0.4 is 5.56 Å². The molecule has 1 aliphatic rings. The van der Waals surface area contributed by atoms with Crippen molar-refractivity contribution in [1.29, 1.82) is 0 Å². The van der Waals surface area contributed by atoms with Gasteiger partial charge >= 0.3 is 0 Å². The molecule has 4 rings (SSSR count). The topological polar surface area (TPSA) is 49.0 Å². The third kappa shape index (κ3) is 2.60. The van der Waals surface area contributed by atoms with E-state index in [9.17, 15) is 4.79 Å². The van der Waals surface area contributed by atoms with E-state index < -0.39 is 0 Å². The zero-order valence-corrected chi connectivity index (χ0v) is 14.2. The van der Waals surface area contributed by atoms with Crippen molar-refractivity contribution in [2.75, 3.05) is 6.54 Å². The largest absolute Gasteiger partial charge is 0.310 e. The molecular weight excluding hydrogens is 306 g/mol. The lowest BCUT2D eigenvalue weighted by atomic mass is 10.1. The average molecular weight is 325 g/mol. The molecule has 23 heavy (non-hydrogen) atoms. The zero-order chi connectivity index (χ0) is 16.0. The molecule has 0 fully saturated rings. The summed E-state index contributed by atoms with van der Waals surface area (Å²) in [5.41, 5.74) is 3.19. The second-order valence-corrected chi connectivity index (χ2v) is 7.32. The first-order valence-corrected chi connectivity index (χ1v) is 8.71. The minimum absolute atomic E-state index is 0.0188. The van der Waals surface area contributed by atoms with Crippen molar-refractivity contribution >= 4 is 21.4 Å². The quantitative estimate of drug-likeness (QED) is 0.787. The van der Waals surface area contributed by atoms with E-state index in [0.29, 0.717) is 12.4 Å². The Bertz CT molecular complexity index is 941. The minimum atomic E-state index is 0.0188. The molecule has 0 spiro atoms. The number of H-pyrrole nitrogens is 1. The molecule has 0 aliphatic carbocycles. The van der Waals surface area contributed by atoms with Gasteiger partial charge in [-0.25, -0.2) is 4.98 Å². The maximum atomic E-state index is 12.2. The highest BCUT2D eigenvalue weighted by Crippen LogP contribution is 2.32. The first-order chi connectivity index (χ1) is 11.1. The molecule has 0 bridgehead atoms. The Morgan fingerprint density at radius 3 is 2.96 bits per heavy atom. The summed E-state index contributed by atoms with van der Waals surface area (Å²) < 4.78 is 1.34. The molecule has 5 heteroatoms. The van der Waals surface area contributed by atoms with Crippen LogP contribution in [0.5, 0.6) is 0 Å². The summed E-state index contributed by atoms with van der Waals surface area (Å²) in [5.74, 6) is 0.711. The van der Waals surface area contributed by atoms with Gasteiger partial charge in [0.1, 0.15) is 5.82 Å². The van der Waals surface area contributed by atoms with Crippen LogP contribution in [0.4, 0.5) is 0 Å². The maximum absolute atomic E-state index is 12.2. The number of rotatable bonds is 2. The predicted molar refractivity (Wildman–Crippen MR) is 94.0 cm³/mol. The van der Waals surface area contributed by atoms with E-state index in [4.69, 9.17) is 0 Å². The number of fused-ring (bicyclic) bond motifs is 2. The molecule has 0 saturated heterocycles. The molecule has 4 nitrogen and oxygen atoms in total. The predicted octanol–water partition coefficient (Wildman–Crippen LogP) is 3.16. The van der Waals surface area contributed by atoms with E-state index in [0.717, 1.165) is 30.8 Å². The Balaban J connectivity index is 1.62. The third-order valence-electron chi connectivity index (χ3n) is 4.58. The van der Waals surface area contributed by atoms with E-state index in [-0.39, 0.29) is 5.56 Å². The molecule has 1 aliphatic heterocycles. The molecule has 1 aromatic carbocycles. The summed E-state index contributed by atoms with van der Waals surface area (Å²) >= 11 is 1.86. The van der Waals surface area contributed by atoms with Gasteiger partial charge < -0.3 is 4.98 Å². The minimum Gasteiger partial charge on any atom is -0.310 e. The second kappa shape index (κ2) is 5.58. The van der Waals surface area contributed by atoms with Crippen LogP contribution in [0.15, 0.2) is 29.1 Å². The lowest BCUT2D eigenvalue weighted by Gasteiger charge is -2.27. The van der Waals surface area contributed by atoms with Crippen molar-refractivity contribution in [3.05, 3.63) is 62.1 Å². The van der Waals surface area contributed by atoms with Gasteiger partial charge in [-0.2, -0.15) is 0 Å². The molecule has 3 aromatic rings. The van der Waals surface area contributed by atoms with E-state index in [1.807, 2.05) is 18.3 Å². The monoisotopic (exact) mass is 325 g/mol. The molecule has 0 amide bonds. The molecule has 118 valence electrons. The summed E-state index contributed by atoms with van der Waals surface area (Å²) in [4.78, 5) is 23.2. The third-order valence-corrected chi connectivity index (χ3v) is 5.83. The number of hydrogen-bond donors (Lipinski definition) is 1. The molecular formula is C18H19N3OS. The van der Waals surface area contributed by atoms with Crippen molar-refractivity contribution in [3.63, 3.8) is 0 Å². The van der Waals surface area contributed by atoms with Gasteiger partial charge in [-0.3, -0.25) is 9.69 Å². The molecule has 0 unspecified atom stereocenters. The van der Waals surface area contributed by atoms with Crippen LogP contribution in [0.2, 0.25) is 0 Å². The average Bonchev–Trinajstić information content (AvgIpc) is 2.84. The summed E-state index contributed by atoms with van der Waals surface area (Å²) in [6.45, 7) is 6.58. The smallest absolute Gasteiger partial charge is 0.255 e. The highest BCUT2D eigenvalue weighted by molar-refractivity contribution is 7.19. The van der Waals surface area contributed by atoms with Gasteiger partial charge in [-0.1, -0.05) is 18.2 Å². The van der Waals surface area contributed by atoms with Crippen LogP contribution in [0.25, 0.3) is 10.1 Å². The molecule has 0 radical (unpaired) electrons. The number of nitrogens with zero attached hydrogens (tertiary/aromatic N) is 2. The summed E-state index contributed by atoms with van der Waals surface area (Å²) in [7, 11) is 0. The highest BCUT2D eigenvalue weighted by Gasteiger charge is 2.22. The van der Waals surface area contributed by atoms with Crippen LogP contribution in [0.1, 0.15) is 27.5 Å². The van der Waals surface area contributed by atoms with Gasteiger partial charge in [-0.15, -0.1) is 11.3 Å². The Hall–Kier alpha value is -1.98. The SMILES string of the molecule is Cc1nc2c(c(=O)[nH]1)CN(Cc1sc3ccccc3c1C)CC2. The highest BCUT2D eigenvalue weighted by atomic mass is 32.1. The van der Waals surface area contributed by atoms with Gasteiger partial charge in [0, 0.05) is 35.6 Å². The number of nitrogens with one attached hydrogen (secondary N) is 1. The Kier molecular flexibility index (Phi) is 3.54. The van der Waals surface area contributed by atoms with E-state index in [1.54, 1.807) is 0 Å². The number of hydrogen-bond acceptors (Lipinski definition) is 4. The Labute approximate surface area is 138 Å². The van der Waals surface area contributed by atoms with E-state index in [1.165, 1.54) is 20.5 Å². The van der Waals surface area contributed by atoms with Gasteiger partial charge in [0.05, 0.1) is 11.3 Å². The molecule has 1 N–H and O–H groups in total. The van der Waals surface area contributed by atoms with Gasteiger partial charge in [-0.05, 0) is 30.9 Å². The van der Waals surface area contributed by atoms with Crippen LogP contribution >= 0.6 is 11.3 Å². The van der Waals surface area contributed by atoms with Crippen molar-refractivity contribution < 1.29 is 0 Å². The Morgan fingerprint density at radius 1 is 1.30 bits per heavy atom. The van der Waals surface area contributed by atoms with E-state index in [2.05, 4.69) is 46.1 Å². The number of benzene rings is 1. The molecule has 3 heterocycles. The van der Waals surface area contributed by atoms with Crippen LogP contribution in [0.3, 0.4) is 0 Å². The van der Waals surface area contributed by atoms with Crippen molar-refractivity contribution in [2.45, 2.75) is 33.4 Å². The van der Waals surface area contributed by atoms with Crippen molar-refractivity contribution in [3.8, 4) is 0 Å². The van der Waals surface area contributed by atoms with Gasteiger partial charge in [0.15, 0.2) is 0 Å². The molecule has 2 aromatic heterocycles. The normalized spacial score (nSPS) is 15.0. The summed E-state index contributed by atoms with van der Waals surface area (Å²) in [6, 6.07) is 8.55. The first kappa shape index (κ1) is 14.6. The molecule has 0 atom stereocenters. The van der Waals surface area contributed by atoms with E-state index >= 15 is 0 Å². The number of aryl methyl sites for hydroxylation is 2. The second-order valence-electron chi connectivity index (χ2n) is 6.18. The number of aromatic amines is 1. The van der Waals surface area contributed by atoms with Gasteiger partial charge in [0.2, 0.25) is 0 Å². The fraction of sp³-hybridized carbons (Fsp3) is 0.333. The summed E-state index contributed by atoms with van der Waals surface area (Å²) in [6.07, 6.45) is 0.851. The first-order valence-electron chi connectivity index (χ1n) is 7.90. The summed E-state index contributed by atoms with van der Waals surface area (Å²) in [5, 5.41) is 1.35. The Morgan fingerprint density at radius 2 is 2.13 bits per heavy atom. The maximum Gasteiger partial charge on any atom is 0.255 e. The van der Waals surface area contributed by atoms with Crippen molar-refractivity contribution in [2.24, 2.45) is 0 Å². The lowest BCUT2D eigenvalue weighted by molar-refractivity contribution is 0.243. The van der Waals surface area contributed by atoms with Crippen LogP contribution in [0, 0.1) is 13.8 Å².